The van der Waals surface area contributed by atoms with Crippen molar-refractivity contribution in [3.8, 4) is 0 Å². The molecule has 90 valence electrons. The van der Waals surface area contributed by atoms with Crippen molar-refractivity contribution in [1.82, 2.24) is 5.32 Å². The second kappa shape index (κ2) is 5.83. The van der Waals surface area contributed by atoms with Gasteiger partial charge in [0.15, 0.2) is 0 Å². The third-order valence-corrected chi connectivity index (χ3v) is 4.87. The van der Waals surface area contributed by atoms with Crippen LogP contribution in [0.1, 0.15) is 50.4 Å². The highest BCUT2D eigenvalue weighted by Crippen LogP contribution is 2.28. The third kappa shape index (κ3) is 3.33. The fourth-order valence-corrected chi connectivity index (χ4v) is 3.27. The Labute approximate surface area is 103 Å². The van der Waals surface area contributed by atoms with Crippen molar-refractivity contribution in [2.45, 2.75) is 45.6 Å². The van der Waals surface area contributed by atoms with Gasteiger partial charge in [0.1, 0.15) is 0 Å². The van der Waals surface area contributed by atoms with Crippen LogP contribution in [0.25, 0.3) is 0 Å². The Hall–Kier alpha value is -0.340. The molecule has 1 aromatic rings. The van der Waals surface area contributed by atoms with Gasteiger partial charge in [-0.05, 0) is 49.6 Å². The standard InChI is InChI=1S/C14H23NS/c1-11-5-7-13(8-6-11)10-15-12(2)14-4-3-9-16-14/h3-4,9,11-13,15H,5-8,10H2,1-2H3. The average molecular weight is 237 g/mol. The van der Waals surface area contributed by atoms with Crippen LogP contribution in [0, 0.1) is 11.8 Å². The number of hydrogen-bond acceptors (Lipinski definition) is 2. The molecule has 1 aliphatic rings. The molecule has 1 aromatic heterocycles. The van der Waals surface area contributed by atoms with Gasteiger partial charge < -0.3 is 5.32 Å². The summed E-state index contributed by atoms with van der Waals surface area (Å²) in [5.41, 5.74) is 0. The summed E-state index contributed by atoms with van der Waals surface area (Å²) in [6.07, 6.45) is 5.70. The second-order valence-corrected chi connectivity index (χ2v) is 6.25. The molecule has 1 aliphatic carbocycles. The topological polar surface area (TPSA) is 12.0 Å². The van der Waals surface area contributed by atoms with E-state index in [1.807, 2.05) is 11.3 Å². The maximum Gasteiger partial charge on any atom is 0.0386 e. The Morgan fingerprint density at radius 1 is 1.38 bits per heavy atom. The minimum atomic E-state index is 0.527. The molecule has 1 nitrogen and oxygen atoms in total. The lowest BCUT2D eigenvalue weighted by Gasteiger charge is -2.27. The maximum absolute atomic E-state index is 3.68. The quantitative estimate of drug-likeness (QED) is 0.826. The first-order valence-corrected chi connectivity index (χ1v) is 7.40. The second-order valence-electron chi connectivity index (χ2n) is 5.27. The molecular formula is C14H23NS. The van der Waals surface area contributed by atoms with E-state index in [1.165, 1.54) is 37.1 Å². The van der Waals surface area contributed by atoms with Crippen molar-refractivity contribution in [2.75, 3.05) is 6.54 Å². The van der Waals surface area contributed by atoms with Crippen LogP contribution in [0.4, 0.5) is 0 Å². The van der Waals surface area contributed by atoms with Gasteiger partial charge in [-0.15, -0.1) is 11.3 Å². The predicted molar refractivity (Wildman–Crippen MR) is 71.9 cm³/mol. The first-order chi connectivity index (χ1) is 7.75. The van der Waals surface area contributed by atoms with Gasteiger partial charge in [-0.25, -0.2) is 0 Å². The molecule has 0 radical (unpaired) electrons. The summed E-state index contributed by atoms with van der Waals surface area (Å²) in [7, 11) is 0. The van der Waals surface area contributed by atoms with Crippen LogP contribution in [-0.4, -0.2) is 6.54 Å². The highest BCUT2D eigenvalue weighted by molar-refractivity contribution is 7.10. The summed E-state index contributed by atoms with van der Waals surface area (Å²) in [4.78, 5) is 1.46. The molecule has 0 bridgehead atoms. The smallest absolute Gasteiger partial charge is 0.0386 e. The van der Waals surface area contributed by atoms with Gasteiger partial charge >= 0.3 is 0 Å². The van der Waals surface area contributed by atoms with Gasteiger partial charge in [0.25, 0.3) is 0 Å². The van der Waals surface area contributed by atoms with Gasteiger partial charge in [0, 0.05) is 10.9 Å². The van der Waals surface area contributed by atoms with E-state index in [-0.39, 0.29) is 0 Å². The Morgan fingerprint density at radius 3 is 2.75 bits per heavy atom. The number of hydrogen-bond donors (Lipinski definition) is 1. The predicted octanol–water partition coefficient (Wildman–Crippen LogP) is 4.23. The molecule has 1 fully saturated rings. The van der Waals surface area contributed by atoms with E-state index in [0.717, 1.165) is 11.8 Å². The molecule has 0 aromatic carbocycles. The van der Waals surface area contributed by atoms with Crippen LogP contribution in [0.5, 0.6) is 0 Å². The van der Waals surface area contributed by atoms with E-state index in [0.29, 0.717) is 6.04 Å². The SMILES string of the molecule is CC1CCC(CNC(C)c2cccs2)CC1. The van der Waals surface area contributed by atoms with Crippen LogP contribution < -0.4 is 5.32 Å². The fourth-order valence-electron chi connectivity index (χ4n) is 2.51. The van der Waals surface area contributed by atoms with E-state index in [9.17, 15) is 0 Å². The molecule has 1 saturated carbocycles. The van der Waals surface area contributed by atoms with Gasteiger partial charge in [0.05, 0.1) is 0 Å². The van der Waals surface area contributed by atoms with Crippen LogP contribution >= 0.6 is 11.3 Å². The van der Waals surface area contributed by atoms with Gasteiger partial charge in [-0.1, -0.05) is 25.8 Å². The molecule has 1 atom stereocenters. The fraction of sp³-hybridized carbons (Fsp3) is 0.714. The third-order valence-electron chi connectivity index (χ3n) is 3.82. The molecule has 2 heteroatoms. The summed E-state index contributed by atoms with van der Waals surface area (Å²) < 4.78 is 0. The molecule has 1 N–H and O–H groups in total. The minimum absolute atomic E-state index is 0.527. The lowest BCUT2D eigenvalue weighted by atomic mass is 9.83. The Balaban J connectivity index is 1.71. The first-order valence-electron chi connectivity index (χ1n) is 6.52. The van der Waals surface area contributed by atoms with Crippen molar-refractivity contribution in [1.29, 1.82) is 0 Å². The maximum atomic E-state index is 3.68. The monoisotopic (exact) mass is 237 g/mol. The van der Waals surface area contributed by atoms with Crippen LogP contribution in [-0.2, 0) is 0 Å². The molecule has 1 heterocycles. The highest BCUT2D eigenvalue weighted by atomic mass is 32.1. The zero-order chi connectivity index (χ0) is 11.4. The Kier molecular flexibility index (Phi) is 4.42. The van der Waals surface area contributed by atoms with Crippen LogP contribution in [0.2, 0.25) is 0 Å². The molecule has 0 spiro atoms. The van der Waals surface area contributed by atoms with Crippen LogP contribution in [0.15, 0.2) is 17.5 Å². The number of thiophene rings is 1. The molecule has 0 aliphatic heterocycles. The van der Waals surface area contributed by atoms with E-state index >= 15 is 0 Å². The average Bonchev–Trinajstić information content (AvgIpc) is 2.81. The molecular weight excluding hydrogens is 214 g/mol. The summed E-state index contributed by atoms with van der Waals surface area (Å²) in [6.45, 7) is 5.86. The van der Waals surface area contributed by atoms with Crippen LogP contribution in [0.3, 0.4) is 0 Å². The summed E-state index contributed by atoms with van der Waals surface area (Å²) in [6, 6.07) is 4.89. The van der Waals surface area contributed by atoms with Gasteiger partial charge in [-0.2, -0.15) is 0 Å². The van der Waals surface area contributed by atoms with E-state index in [2.05, 4.69) is 36.7 Å². The molecule has 1 unspecified atom stereocenters. The van der Waals surface area contributed by atoms with Crippen molar-refractivity contribution in [3.63, 3.8) is 0 Å². The van der Waals surface area contributed by atoms with E-state index < -0.39 is 0 Å². The largest absolute Gasteiger partial charge is 0.309 e. The Morgan fingerprint density at radius 2 is 2.12 bits per heavy atom. The zero-order valence-corrected chi connectivity index (χ0v) is 11.2. The van der Waals surface area contributed by atoms with Crippen molar-refractivity contribution < 1.29 is 0 Å². The zero-order valence-electron chi connectivity index (χ0n) is 10.4. The van der Waals surface area contributed by atoms with E-state index in [4.69, 9.17) is 0 Å². The molecule has 0 amide bonds. The molecule has 2 rings (SSSR count). The lowest BCUT2D eigenvalue weighted by Crippen LogP contribution is -2.27. The lowest BCUT2D eigenvalue weighted by molar-refractivity contribution is 0.276. The number of nitrogens with one attached hydrogen (secondary N) is 1. The first kappa shape index (κ1) is 12.1. The van der Waals surface area contributed by atoms with Gasteiger partial charge in [0.2, 0.25) is 0 Å². The summed E-state index contributed by atoms with van der Waals surface area (Å²) in [5.74, 6) is 1.88. The Bertz CT molecular complexity index is 286. The van der Waals surface area contributed by atoms with Crippen molar-refractivity contribution >= 4 is 11.3 Å². The van der Waals surface area contributed by atoms with Crippen molar-refractivity contribution in [2.24, 2.45) is 11.8 Å². The summed E-state index contributed by atoms with van der Waals surface area (Å²) in [5, 5.41) is 5.84. The molecule has 16 heavy (non-hydrogen) atoms. The minimum Gasteiger partial charge on any atom is -0.309 e. The molecule has 0 saturated heterocycles. The van der Waals surface area contributed by atoms with Crippen molar-refractivity contribution in [3.05, 3.63) is 22.4 Å². The van der Waals surface area contributed by atoms with Gasteiger partial charge in [-0.3, -0.25) is 0 Å². The number of rotatable bonds is 4. The summed E-state index contributed by atoms with van der Waals surface area (Å²) >= 11 is 1.86. The normalized spacial score (nSPS) is 27.9. The van der Waals surface area contributed by atoms with E-state index in [1.54, 1.807) is 0 Å². The highest BCUT2D eigenvalue weighted by Gasteiger charge is 2.18.